The Hall–Kier alpha value is -2.86. The van der Waals surface area contributed by atoms with Gasteiger partial charge >= 0.3 is 0 Å². The summed E-state index contributed by atoms with van der Waals surface area (Å²) in [6, 6.07) is 13.3. The molecule has 0 bridgehead atoms. The maximum absolute atomic E-state index is 12.5. The molecule has 33 heavy (non-hydrogen) atoms. The zero-order valence-electron chi connectivity index (χ0n) is 19.5. The van der Waals surface area contributed by atoms with Gasteiger partial charge in [-0.2, -0.15) is 0 Å². The normalized spacial score (nSPS) is 20.8. The molecule has 0 aliphatic carbocycles. The van der Waals surface area contributed by atoms with Crippen LogP contribution in [0.15, 0.2) is 54.9 Å². The van der Waals surface area contributed by atoms with Crippen molar-refractivity contribution in [2.24, 2.45) is 0 Å². The van der Waals surface area contributed by atoms with Crippen LogP contribution >= 0.6 is 0 Å². The molecule has 1 fully saturated rings. The Labute approximate surface area is 195 Å². The average Bonchev–Trinajstić information content (AvgIpc) is 3.46. The Bertz CT molecular complexity index is 1110. The van der Waals surface area contributed by atoms with E-state index in [0.29, 0.717) is 12.5 Å². The van der Waals surface area contributed by atoms with Crippen molar-refractivity contribution >= 4 is 16.6 Å². The zero-order valence-corrected chi connectivity index (χ0v) is 19.5. The number of aromatic nitrogens is 2. The van der Waals surface area contributed by atoms with E-state index in [-0.39, 0.29) is 12.7 Å². The molecule has 5 nitrogen and oxygen atoms in total. The van der Waals surface area contributed by atoms with E-state index in [4.69, 9.17) is 4.98 Å². The largest absolute Gasteiger partial charge is 0.380 e. The zero-order chi connectivity index (χ0) is 22.8. The van der Waals surface area contributed by atoms with E-state index in [0.717, 1.165) is 62.5 Å². The number of nitrogens with one attached hydrogen (secondary N) is 2. The Balaban J connectivity index is 1.38. The van der Waals surface area contributed by atoms with Crippen molar-refractivity contribution in [2.75, 3.05) is 38.2 Å². The molecule has 2 atom stereocenters. The van der Waals surface area contributed by atoms with Crippen LogP contribution in [0.2, 0.25) is 0 Å². The lowest BCUT2D eigenvalue weighted by Gasteiger charge is -2.38. The lowest BCUT2D eigenvalue weighted by molar-refractivity contribution is 0.261. The Morgan fingerprint density at radius 1 is 1.24 bits per heavy atom. The van der Waals surface area contributed by atoms with Crippen molar-refractivity contribution in [3.8, 4) is 0 Å². The fourth-order valence-electron chi connectivity index (χ4n) is 5.42. The van der Waals surface area contributed by atoms with Crippen LogP contribution in [0.3, 0.4) is 0 Å². The van der Waals surface area contributed by atoms with Crippen LogP contribution in [-0.4, -0.2) is 58.7 Å². The average molecular weight is 448 g/mol. The van der Waals surface area contributed by atoms with Crippen LogP contribution in [0.4, 0.5) is 10.1 Å². The van der Waals surface area contributed by atoms with Gasteiger partial charge in [-0.15, -0.1) is 0 Å². The van der Waals surface area contributed by atoms with Gasteiger partial charge in [0, 0.05) is 54.5 Å². The topological polar surface area (TPSA) is 47.2 Å². The fraction of sp³-hybridized carbons (Fsp3) is 0.444. The minimum Gasteiger partial charge on any atom is -0.380 e. The minimum absolute atomic E-state index is 0.0466. The number of halogens is 1. The summed E-state index contributed by atoms with van der Waals surface area (Å²) in [6.45, 7) is 10.1. The van der Waals surface area contributed by atoms with Crippen LogP contribution in [0.1, 0.15) is 49.2 Å². The SMILES string of the molecule is C=C(CC)N1CCc2c([nH]c3ccccc23)[C@H]1c1ccc(N[C@H]2CCN(CCCF)C2)cn1. The molecule has 2 N–H and O–H groups in total. The smallest absolute Gasteiger partial charge is 0.112 e. The van der Waals surface area contributed by atoms with Gasteiger partial charge in [0.25, 0.3) is 0 Å². The number of anilines is 1. The summed E-state index contributed by atoms with van der Waals surface area (Å²) in [5, 5.41) is 4.94. The second-order valence-corrected chi connectivity index (χ2v) is 9.27. The van der Waals surface area contributed by atoms with Crippen LogP contribution < -0.4 is 5.32 Å². The molecule has 0 amide bonds. The summed E-state index contributed by atoms with van der Waals surface area (Å²) in [7, 11) is 0. The molecule has 4 heterocycles. The van der Waals surface area contributed by atoms with Crippen molar-refractivity contribution < 1.29 is 4.39 Å². The quantitative estimate of drug-likeness (QED) is 0.493. The highest BCUT2D eigenvalue weighted by Gasteiger charge is 2.33. The number of fused-ring (bicyclic) bond motifs is 3. The van der Waals surface area contributed by atoms with E-state index >= 15 is 0 Å². The molecule has 0 spiro atoms. The Kier molecular flexibility index (Phi) is 6.36. The molecule has 0 unspecified atom stereocenters. The number of nitrogens with zero attached hydrogens (tertiary/aromatic N) is 3. The first-order chi connectivity index (χ1) is 16.2. The van der Waals surface area contributed by atoms with E-state index in [9.17, 15) is 4.39 Å². The number of para-hydroxylation sites is 1. The molecule has 1 aromatic carbocycles. The molecule has 0 radical (unpaired) electrons. The summed E-state index contributed by atoms with van der Waals surface area (Å²) in [5.74, 6) is 0. The summed E-state index contributed by atoms with van der Waals surface area (Å²) in [5.41, 5.74) is 7.06. The van der Waals surface area contributed by atoms with Crippen molar-refractivity contribution in [2.45, 2.75) is 44.7 Å². The molecule has 174 valence electrons. The number of rotatable bonds is 8. The van der Waals surface area contributed by atoms with E-state index in [1.165, 1.54) is 22.2 Å². The number of hydrogen-bond donors (Lipinski definition) is 2. The van der Waals surface area contributed by atoms with E-state index in [1.54, 1.807) is 0 Å². The van der Waals surface area contributed by atoms with Crippen molar-refractivity contribution in [1.82, 2.24) is 19.8 Å². The highest BCUT2D eigenvalue weighted by atomic mass is 19.1. The van der Waals surface area contributed by atoms with E-state index in [1.807, 2.05) is 6.20 Å². The second-order valence-electron chi connectivity index (χ2n) is 9.27. The predicted octanol–water partition coefficient (Wildman–Crippen LogP) is 5.28. The van der Waals surface area contributed by atoms with E-state index in [2.05, 4.69) is 70.0 Å². The number of alkyl halides is 1. The number of benzene rings is 1. The van der Waals surface area contributed by atoms with Crippen LogP contribution in [0.25, 0.3) is 10.9 Å². The van der Waals surface area contributed by atoms with Gasteiger partial charge in [-0.25, -0.2) is 0 Å². The second kappa shape index (κ2) is 9.56. The maximum atomic E-state index is 12.5. The molecular formula is C27H34FN5. The van der Waals surface area contributed by atoms with Crippen molar-refractivity contribution in [3.63, 3.8) is 0 Å². The molecule has 2 aromatic heterocycles. The molecule has 5 rings (SSSR count). The summed E-state index contributed by atoms with van der Waals surface area (Å²) in [6.07, 6.45) is 5.60. The molecule has 3 aromatic rings. The third-order valence-electron chi connectivity index (χ3n) is 7.17. The summed E-state index contributed by atoms with van der Waals surface area (Å²) >= 11 is 0. The first kappa shape index (κ1) is 22.0. The van der Waals surface area contributed by atoms with Gasteiger partial charge in [-0.1, -0.05) is 31.7 Å². The maximum Gasteiger partial charge on any atom is 0.112 e. The fourth-order valence-corrected chi connectivity index (χ4v) is 5.42. The number of allylic oxidation sites excluding steroid dienone is 1. The van der Waals surface area contributed by atoms with Gasteiger partial charge in [0.2, 0.25) is 0 Å². The molecule has 0 saturated carbocycles. The van der Waals surface area contributed by atoms with Crippen LogP contribution in [0, 0.1) is 0 Å². The van der Waals surface area contributed by atoms with E-state index < -0.39 is 0 Å². The monoisotopic (exact) mass is 447 g/mol. The lowest BCUT2D eigenvalue weighted by Crippen LogP contribution is -2.35. The third kappa shape index (κ3) is 4.36. The van der Waals surface area contributed by atoms with Gasteiger partial charge in [0.1, 0.15) is 6.04 Å². The Morgan fingerprint density at radius 2 is 2.12 bits per heavy atom. The molecule has 2 aliphatic heterocycles. The number of hydrogen-bond acceptors (Lipinski definition) is 4. The molecular weight excluding hydrogens is 413 g/mol. The first-order valence-corrected chi connectivity index (χ1v) is 12.2. The first-order valence-electron chi connectivity index (χ1n) is 12.2. The van der Waals surface area contributed by atoms with Crippen LogP contribution in [-0.2, 0) is 6.42 Å². The Morgan fingerprint density at radius 3 is 2.91 bits per heavy atom. The predicted molar refractivity (Wildman–Crippen MR) is 133 cm³/mol. The summed E-state index contributed by atoms with van der Waals surface area (Å²) < 4.78 is 12.5. The molecule has 6 heteroatoms. The number of H-pyrrole nitrogens is 1. The summed E-state index contributed by atoms with van der Waals surface area (Å²) in [4.78, 5) is 13.4. The highest BCUT2D eigenvalue weighted by molar-refractivity contribution is 5.85. The number of likely N-dealkylation sites (tertiary alicyclic amines) is 1. The van der Waals surface area contributed by atoms with Crippen LogP contribution in [0.5, 0.6) is 0 Å². The standard InChI is InChI=1S/C27H34FN5/c1-3-19(2)33-16-12-23-22-7-4-5-8-24(22)31-26(23)27(33)25-10-9-20(17-29-25)30-21-11-15-32(18-21)14-6-13-28/h4-5,7-10,17,21,27,30-31H,2-3,6,11-16,18H2,1H3/t21-,27+/m0/s1. The van der Waals surface area contributed by atoms with Gasteiger partial charge in [0.05, 0.1) is 24.3 Å². The molecule has 1 saturated heterocycles. The minimum atomic E-state index is -0.235. The van der Waals surface area contributed by atoms with Gasteiger partial charge in [-0.05, 0) is 49.4 Å². The third-order valence-corrected chi connectivity index (χ3v) is 7.17. The highest BCUT2D eigenvalue weighted by Crippen LogP contribution is 2.39. The van der Waals surface area contributed by atoms with Gasteiger partial charge < -0.3 is 20.1 Å². The number of aromatic amines is 1. The van der Waals surface area contributed by atoms with Gasteiger partial charge in [-0.3, -0.25) is 9.37 Å². The lowest BCUT2D eigenvalue weighted by atomic mass is 9.94. The molecule has 2 aliphatic rings. The number of pyridine rings is 1. The van der Waals surface area contributed by atoms with Crippen molar-refractivity contribution in [1.29, 1.82) is 0 Å². The van der Waals surface area contributed by atoms with Gasteiger partial charge in [0.15, 0.2) is 0 Å². The van der Waals surface area contributed by atoms with Crippen molar-refractivity contribution in [3.05, 3.63) is 71.8 Å².